The molecular formula is C22H22N2O. The van der Waals surface area contributed by atoms with Gasteiger partial charge in [0.25, 0.3) is 0 Å². The number of hydrogen-bond donors (Lipinski definition) is 1. The normalized spacial score (nSPS) is 10.8. The Morgan fingerprint density at radius 3 is 2.12 bits per heavy atom. The summed E-state index contributed by atoms with van der Waals surface area (Å²) in [6.45, 7) is 4.72. The number of para-hydroxylation sites is 1. The van der Waals surface area contributed by atoms with E-state index < -0.39 is 0 Å². The van der Waals surface area contributed by atoms with E-state index in [1.807, 2.05) is 54.7 Å². The molecule has 3 aromatic rings. The monoisotopic (exact) mass is 330 g/mol. The molecule has 0 amide bonds. The molecule has 0 bridgehead atoms. The molecule has 0 aliphatic carbocycles. The molecule has 0 aliphatic rings. The number of aryl methyl sites for hydroxylation is 2. The van der Waals surface area contributed by atoms with Crippen molar-refractivity contribution < 1.29 is 4.74 Å². The molecule has 0 aliphatic heterocycles. The summed E-state index contributed by atoms with van der Waals surface area (Å²) in [5.74, 6) is 0.882. The van der Waals surface area contributed by atoms with Gasteiger partial charge in [0, 0.05) is 5.56 Å². The van der Waals surface area contributed by atoms with Gasteiger partial charge in [-0.25, -0.2) is 0 Å². The molecule has 126 valence electrons. The number of hydrazone groups is 1. The van der Waals surface area contributed by atoms with Crippen molar-refractivity contribution >= 4 is 11.9 Å². The predicted octanol–water partition coefficient (Wildman–Crippen LogP) is 5.33. The first kappa shape index (κ1) is 16.8. The SMILES string of the molecule is Cc1cc(OCc2ccccc2)cc(C)c1C=NNc1ccccc1. The van der Waals surface area contributed by atoms with Gasteiger partial charge >= 0.3 is 0 Å². The minimum atomic E-state index is 0.572. The number of ether oxygens (including phenoxy) is 1. The standard InChI is InChI=1S/C22H22N2O/c1-17-13-21(25-16-19-9-5-3-6-10-19)14-18(2)22(17)15-23-24-20-11-7-4-8-12-20/h3-15,24H,16H2,1-2H3. The smallest absolute Gasteiger partial charge is 0.120 e. The van der Waals surface area contributed by atoms with Crippen molar-refractivity contribution in [3.63, 3.8) is 0 Å². The van der Waals surface area contributed by atoms with Gasteiger partial charge in [0.1, 0.15) is 12.4 Å². The zero-order valence-electron chi connectivity index (χ0n) is 14.6. The third kappa shape index (κ3) is 4.70. The first-order valence-corrected chi connectivity index (χ1v) is 8.34. The quantitative estimate of drug-likeness (QED) is 0.489. The van der Waals surface area contributed by atoms with Gasteiger partial charge in [0.2, 0.25) is 0 Å². The molecule has 0 aromatic heterocycles. The van der Waals surface area contributed by atoms with Gasteiger partial charge in [-0.1, -0.05) is 48.5 Å². The highest BCUT2D eigenvalue weighted by Crippen LogP contribution is 2.21. The van der Waals surface area contributed by atoms with E-state index in [0.29, 0.717) is 6.61 Å². The molecule has 0 fully saturated rings. The third-order valence-corrected chi connectivity index (χ3v) is 3.98. The summed E-state index contributed by atoms with van der Waals surface area (Å²) in [6.07, 6.45) is 1.86. The average molecular weight is 330 g/mol. The molecule has 25 heavy (non-hydrogen) atoms. The summed E-state index contributed by atoms with van der Waals surface area (Å²) in [6, 6.07) is 24.2. The van der Waals surface area contributed by atoms with Crippen LogP contribution in [0.15, 0.2) is 77.9 Å². The van der Waals surface area contributed by atoms with E-state index in [-0.39, 0.29) is 0 Å². The molecular weight excluding hydrogens is 308 g/mol. The van der Waals surface area contributed by atoms with Crippen molar-refractivity contribution in [2.45, 2.75) is 20.5 Å². The zero-order valence-corrected chi connectivity index (χ0v) is 14.6. The van der Waals surface area contributed by atoms with Gasteiger partial charge in [-0.15, -0.1) is 0 Å². The maximum Gasteiger partial charge on any atom is 0.120 e. The molecule has 0 heterocycles. The first-order chi connectivity index (χ1) is 12.2. The second-order valence-corrected chi connectivity index (χ2v) is 5.98. The molecule has 1 N–H and O–H groups in total. The fourth-order valence-electron chi connectivity index (χ4n) is 2.65. The molecule has 0 saturated carbocycles. The van der Waals surface area contributed by atoms with Crippen molar-refractivity contribution in [2.75, 3.05) is 5.43 Å². The number of nitrogens with zero attached hydrogens (tertiary/aromatic N) is 1. The Hall–Kier alpha value is -3.07. The number of hydrogen-bond acceptors (Lipinski definition) is 3. The minimum absolute atomic E-state index is 0.572. The van der Waals surface area contributed by atoms with Crippen LogP contribution < -0.4 is 10.2 Å². The van der Waals surface area contributed by atoms with Crippen LogP contribution in [0.5, 0.6) is 5.75 Å². The summed E-state index contributed by atoms with van der Waals surface area (Å²) in [4.78, 5) is 0. The molecule has 0 spiro atoms. The van der Waals surface area contributed by atoms with Crippen LogP contribution >= 0.6 is 0 Å². The van der Waals surface area contributed by atoms with E-state index in [1.165, 1.54) is 0 Å². The summed E-state index contributed by atoms with van der Waals surface area (Å²) in [5, 5.41) is 4.34. The molecule has 0 radical (unpaired) electrons. The second kappa shape index (κ2) is 8.15. The molecule has 0 atom stereocenters. The summed E-state index contributed by atoms with van der Waals surface area (Å²) in [7, 11) is 0. The molecule has 0 unspecified atom stereocenters. The molecule has 3 rings (SSSR count). The highest BCUT2D eigenvalue weighted by Gasteiger charge is 2.05. The summed E-state index contributed by atoms with van der Waals surface area (Å²) < 4.78 is 5.92. The Morgan fingerprint density at radius 2 is 1.48 bits per heavy atom. The maximum atomic E-state index is 5.92. The van der Waals surface area contributed by atoms with Crippen LogP contribution in [0.4, 0.5) is 5.69 Å². The molecule has 0 saturated heterocycles. The van der Waals surface area contributed by atoms with Crippen molar-refractivity contribution in [3.8, 4) is 5.75 Å². The van der Waals surface area contributed by atoms with Crippen LogP contribution in [-0.4, -0.2) is 6.21 Å². The second-order valence-electron chi connectivity index (χ2n) is 5.98. The van der Waals surface area contributed by atoms with Crippen LogP contribution in [0.25, 0.3) is 0 Å². The van der Waals surface area contributed by atoms with Crippen LogP contribution in [0.1, 0.15) is 22.3 Å². The maximum absolute atomic E-state index is 5.92. The lowest BCUT2D eigenvalue weighted by molar-refractivity contribution is 0.306. The number of benzene rings is 3. The van der Waals surface area contributed by atoms with Crippen molar-refractivity contribution in [1.29, 1.82) is 0 Å². The zero-order chi connectivity index (χ0) is 17.5. The molecule has 3 heteroatoms. The highest BCUT2D eigenvalue weighted by atomic mass is 16.5. The number of nitrogens with one attached hydrogen (secondary N) is 1. The van der Waals surface area contributed by atoms with Gasteiger partial charge in [0.15, 0.2) is 0 Å². The Kier molecular flexibility index (Phi) is 5.47. The van der Waals surface area contributed by atoms with Crippen LogP contribution in [-0.2, 0) is 6.61 Å². The lowest BCUT2D eigenvalue weighted by Crippen LogP contribution is -1.99. The van der Waals surface area contributed by atoms with Gasteiger partial charge in [-0.2, -0.15) is 5.10 Å². The Bertz CT molecular complexity index is 819. The lowest BCUT2D eigenvalue weighted by atomic mass is 10.0. The number of rotatable bonds is 6. The van der Waals surface area contributed by atoms with Crippen molar-refractivity contribution in [2.24, 2.45) is 5.10 Å². The topological polar surface area (TPSA) is 33.6 Å². The molecule has 3 aromatic carbocycles. The lowest BCUT2D eigenvalue weighted by Gasteiger charge is -2.11. The van der Waals surface area contributed by atoms with Crippen molar-refractivity contribution in [1.82, 2.24) is 0 Å². The van der Waals surface area contributed by atoms with Crippen LogP contribution in [0.3, 0.4) is 0 Å². The summed E-state index contributed by atoms with van der Waals surface area (Å²) in [5.41, 5.74) is 8.57. The average Bonchev–Trinajstić information content (AvgIpc) is 2.64. The van der Waals surface area contributed by atoms with Gasteiger partial charge in [-0.05, 0) is 54.8 Å². The van der Waals surface area contributed by atoms with Gasteiger partial charge in [0.05, 0.1) is 11.9 Å². The fourth-order valence-corrected chi connectivity index (χ4v) is 2.65. The van der Waals surface area contributed by atoms with Crippen LogP contribution in [0, 0.1) is 13.8 Å². The molecule has 3 nitrogen and oxygen atoms in total. The van der Waals surface area contributed by atoms with E-state index in [2.05, 4.69) is 48.6 Å². The highest BCUT2D eigenvalue weighted by molar-refractivity contribution is 5.84. The van der Waals surface area contributed by atoms with Gasteiger partial charge < -0.3 is 4.74 Å². The first-order valence-electron chi connectivity index (χ1n) is 8.34. The van der Waals surface area contributed by atoms with E-state index >= 15 is 0 Å². The van der Waals surface area contributed by atoms with E-state index in [9.17, 15) is 0 Å². The van der Waals surface area contributed by atoms with E-state index in [4.69, 9.17) is 4.74 Å². The third-order valence-electron chi connectivity index (χ3n) is 3.98. The predicted molar refractivity (Wildman–Crippen MR) is 104 cm³/mol. The van der Waals surface area contributed by atoms with Crippen LogP contribution in [0.2, 0.25) is 0 Å². The van der Waals surface area contributed by atoms with Gasteiger partial charge in [-0.3, -0.25) is 5.43 Å². The number of anilines is 1. The van der Waals surface area contributed by atoms with Crippen molar-refractivity contribution in [3.05, 3.63) is 95.1 Å². The Labute approximate surface area is 149 Å². The largest absolute Gasteiger partial charge is 0.489 e. The Balaban J connectivity index is 1.67. The summed E-state index contributed by atoms with van der Waals surface area (Å²) >= 11 is 0. The Morgan fingerprint density at radius 1 is 0.880 bits per heavy atom. The van der Waals surface area contributed by atoms with E-state index in [0.717, 1.165) is 33.7 Å². The fraction of sp³-hybridized carbons (Fsp3) is 0.136. The minimum Gasteiger partial charge on any atom is -0.489 e. The van der Waals surface area contributed by atoms with E-state index in [1.54, 1.807) is 0 Å².